The van der Waals surface area contributed by atoms with Crippen LogP contribution in [-0.4, -0.2) is 17.4 Å². The predicted octanol–water partition coefficient (Wildman–Crippen LogP) is 4.18. The van der Waals surface area contributed by atoms with Crippen LogP contribution < -0.4 is 0 Å². The molecule has 1 aliphatic heterocycles. The van der Waals surface area contributed by atoms with E-state index in [1.165, 1.54) is 10.9 Å². The minimum absolute atomic E-state index is 0.0306. The van der Waals surface area contributed by atoms with Crippen molar-refractivity contribution in [2.45, 2.75) is 25.8 Å². The molecule has 3 rings (SSSR count). The van der Waals surface area contributed by atoms with Gasteiger partial charge < -0.3 is 4.90 Å². The highest BCUT2D eigenvalue weighted by Crippen LogP contribution is 2.36. The molecule has 21 heavy (non-hydrogen) atoms. The summed E-state index contributed by atoms with van der Waals surface area (Å²) in [7, 11) is 0. The van der Waals surface area contributed by atoms with Crippen molar-refractivity contribution in [3.8, 4) is 0 Å². The van der Waals surface area contributed by atoms with Crippen molar-refractivity contribution in [1.29, 1.82) is 0 Å². The van der Waals surface area contributed by atoms with Gasteiger partial charge >= 0.3 is 0 Å². The van der Waals surface area contributed by atoms with Crippen LogP contribution >= 0.6 is 11.3 Å². The van der Waals surface area contributed by atoms with E-state index in [0.717, 1.165) is 30.5 Å². The number of hydrogen-bond acceptors (Lipinski definition) is 2. The van der Waals surface area contributed by atoms with Gasteiger partial charge in [0, 0.05) is 17.5 Å². The molecular formula is C16H15F2NOS. The van der Waals surface area contributed by atoms with Gasteiger partial charge in [0.25, 0.3) is 5.91 Å². The molecule has 0 spiro atoms. The third kappa shape index (κ3) is 2.46. The Balaban J connectivity index is 1.94. The second-order valence-electron chi connectivity index (χ2n) is 5.10. The van der Waals surface area contributed by atoms with Crippen molar-refractivity contribution < 1.29 is 13.6 Å². The van der Waals surface area contributed by atoms with Gasteiger partial charge in [-0.1, -0.05) is 6.92 Å². The molecule has 5 heteroatoms. The Hall–Kier alpha value is -1.75. The lowest BCUT2D eigenvalue weighted by Gasteiger charge is -2.35. The average Bonchev–Trinajstić information content (AvgIpc) is 2.94. The molecule has 0 saturated heterocycles. The van der Waals surface area contributed by atoms with Crippen molar-refractivity contribution in [2.75, 3.05) is 6.54 Å². The van der Waals surface area contributed by atoms with Gasteiger partial charge in [-0.05, 0) is 42.0 Å². The highest BCUT2D eigenvalue weighted by molar-refractivity contribution is 7.10. The number of thiophene rings is 1. The number of fused-ring (bicyclic) bond motifs is 1. The Bertz CT molecular complexity index is 683. The SMILES string of the molecule is CCC1c2ccsc2CCN1C(=O)c1ccc(F)cc1F. The van der Waals surface area contributed by atoms with Gasteiger partial charge in [-0.2, -0.15) is 0 Å². The van der Waals surface area contributed by atoms with E-state index in [4.69, 9.17) is 0 Å². The predicted molar refractivity (Wildman–Crippen MR) is 78.4 cm³/mol. The van der Waals surface area contributed by atoms with E-state index in [2.05, 4.69) is 0 Å². The molecular weight excluding hydrogens is 292 g/mol. The van der Waals surface area contributed by atoms with Crippen molar-refractivity contribution >= 4 is 17.2 Å². The molecule has 1 unspecified atom stereocenters. The molecule has 2 nitrogen and oxygen atoms in total. The standard InChI is InChI=1S/C16H15F2NOS/c1-2-14-12-6-8-21-15(12)5-7-19(14)16(20)11-4-3-10(17)9-13(11)18/h3-4,6,8-9,14H,2,5,7H2,1H3. The smallest absolute Gasteiger partial charge is 0.257 e. The number of nitrogens with zero attached hydrogens (tertiary/aromatic N) is 1. The first-order valence-corrected chi connectivity index (χ1v) is 7.82. The summed E-state index contributed by atoms with van der Waals surface area (Å²) in [5, 5.41) is 2.03. The molecule has 1 amide bonds. The number of benzene rings is 1. The van der Waals surface area contributed by atoms with Crippen LogP contribution in [0.3, 0.4) is 0 Å². The maximum absolute atomic E-state index is 13.8. The van der Waals surface area contributed by atoms with Crippen molar-refractivity contribution in [3.63, 3.8) is 0 Å². The Morgan fingerprint density at radius 3 is 2.90 bits per heavy atom. The molecule has 0 saturated carbocycles. The van der Waals surface area contributed by atoms with E-state index >= 15 is 0 Å². The fourth-order valence-electron chi connectivity index (χ4n) is 2.90. The van der Waals surface area contributed by atoms with Crippen molar-refractivity contribution in [3.05, 3.63) is 57.3 Å². The zero-order valence-corrected chi connectivity index (χ0v) is 12.4. The molecule has 1 aromatic heterocycles. The van der Waals surface area contributed by atoms with Crippen molar-refractivity contribution in [2.24, 2.45) is 0 Å². The second kappa shape index (κ2) is 5.56. The summed E-state index contributed by atoms with van der Waals surface area (Å²) < 4.78 is 26.8. The third-order valence-corrected chi connectivity index (χ3v) is 4.90. The van der Waals surface area contributed by atoms with Crippen LogP contribution in [0.25, 0.3) is 0 Å². The lowest BCUT2D eigenvalue weighted by molar-refractivity contribution is 0.0652. The fraction of sp³-hybridized carbons (Fsp3) is 0.312. The number of rotatable bonds is 2. The molecule has 1 aromatic carbocycles. The number of carbonyl (C=O) groups is 1. The van der Waals surface area contributed by atoms with Gasteiger partial charge in [0.05, 0.1) is 11.6 Å². The van der Waals surface area contributed by atoms with E-state index in [-0.39, 0.29) is 17.5 Å². The molecule has 0 N–H and O–H groups in total. The van der Waals surface area contributed by atoms with Gasteiger partial charge in [-0.25, -0.2) is 8.78 Å². The van der Waals surface area contributed by atoms with Gasteiger partial charge in [0.15, 0.2) is 0 Å². The minimum atomic E-state index is -0.800. The molecule has 2 aromatic rings. The van der Waals surface area contributed by atoms with E-state index in [1.54, 1.807) is 16.2 Å². The fourth-order valence-corrected chi connectivity index (χ4v) is 3.83. The van der Waals surface area contributed by atoms with Crippen molar-refractivity contribution in [1.82, 2.24) is 4.90 Å². The second-order valence-corrected chi connectivity index (χ2v) is 6.10. The summed E-state index contributed by atoms with van der Waals surface area (Å²) in [6.07, 6.45) is 1.57. The quantitative estimate of drug-likeness (QED) is 0.815. The monoisotopic (exact) mass is 307 g/mol. The maximum atomic E-state index is 13.8. The summed E-state index contributed by atoms with van der Waals surface area (Å²) in [5.41, 5.74) is 1.10. The molecule has 1 atom stereocenters. The largest absolute Gasteiger partial charge is 0.331 e. The maximum Gasteiger partial charge on any atom is 0.257 e. The Morgan fingerprint density at radius 1 is 1.38 bits per heavy atom. The normalized spacial score (nSPS) is 17.7. The molecule has 0 bridgehead atoms. The first kappa shape index (κ1) is 14.2. The number of carbonyl (C=O) groups excluding carboxylic acids is 1. The summed E-state index contributed by atoms with van der Waals surface area (Å²) in [4.78, 5) is 15.6. The number of amides is 1. The van der Waals surface area contributed by atoms with Gasteiger partial charge in [-0.3, -0.25) is 4.79 Å². The summed E-state index contributed by atoms with van der Waals surface area (Å²) in [5.74, 6) is -1.84. The number of hydrogen-bond donors (Lipinski definition) is 0. The topological polar surface area (TPSA) is 20.3 Å². The Morgan fingerprint density at radius 2 is 2.19 bits per heavy atom. The Labute approximate surface area is 126 Å². The molecule has 110 valence electrons. The minimum Gasteiger partial charge on any atom is -0.331 e. The van der Waals surface area contributed by atoms with Crippen LogP contribution in [0.5, 0.6) is 0 Å². The van der Waals surface area contributed by atoms with Crippen LogP contribution in [0.1, 0.15) is 40.2 Å². The lowest BCUT2D eigenvalue weighted by atomic mass is 9.97. The van der Waals surface area contributed by atoms with Crippen LogP contribution in [0.15, 0.2) is 29.6 Å². The van der Waals surface area contributed by atoms with Gasteiger partial charge in [0.2, 0.25) is 0 Å². The summed E-state index contributed by atoms with van der Waals surface area (Å²) in [6.45, 7) is 2.58. The van der Waals surface area contributed by atoms with Crippen LogP contribution in [0.2, 0.25) is 0 Å². The molecule has 0 aliphatic carbocycles. The van der Waals surface area contributed by atoms with Gasteiger partial charge in [-0.15, -0.1) is 11.3 Å². The van der Waals surface area contributed by atoms with E-state index in [9.17, 15) is 13.6 Å². The summed E-state index contributed by atoms with van der Waals surface area (Å²) >= 11 is 1.70. The van der Waals surface area contributed by atoms with E-state index in [1.807, 2.05) is 18.4 Å². The lowest BCUT2D eigenvalue weighted by Crippen LogP contribution is -2.39. The van der Waals surface area contributed by atoms with Crippen LogP contribution in [0.4, 0.5) is 8.78 Å². The van der Waals surface area contributed by atoms with Crippen LogP contribution in [-0.2, 0) is 6.42 Å². The zero-order valence-electron chi connectivity index (χ0n) is 11.6. The van der Waals surface area contributed by atoms with Gasteiger partial charge in [0.1, 0.15) is 11.6 Å². The van der Waals surface area contributed by atoms with Crippen LogP contribution in [0, 0.1) is 11.6 Å². The highest BCUT2D eigenvalue weighted by atomic mass is 32.1. The number of halogens is 2. The van der Waals surface area contributed by atoms with E-state index < -0.39 is 11.6 Å². The first-order valence-electron chi connectivity index (χ1n) is 6.94. The van der Waals surface area contributed by atoms with E-state index in [0.29, 0.717) is 6.54 Å². The Kier molecular flexibility index (Phi) is 3.76. The average molecular weight is 307 g/mol. The molecule has 1 aliphatic rings. The third-order valence-electron chi connectivity index (χ3n) is 3.90. The first-order chi connectivity index (χ1) is 10.1. The highest BCUT2D eigenvalue weighted by Gasteiger charge is 2.31. The molecule has 0 radical (unpaired) electrons. The molecule has 2 heterocycles. The zero-order chi connectivity index (χ0) is 15.0. The summed E-state index contributed by atoms with van der Waals surface area (Å²) in [6, 6.07) is 5.11. The molecule has 0 fully saturated rings.